The highest BCUT2D eigenvalue weighted by Gasteiger charge is 2.18. The van der Waals surface area contributed by atoms with E-state index in [0.29, 0.717) is 28.6 Å². The predicted octanol–water partition coefficient (Wildman–Crippen LogP) is 1.56. The Morgan fingerprint density at radius 3 is 2.45 bits per heavy atom. The summed E-state index contributed by atoms with van der Waals surface area (Å²) in [5.74, 6) is -1.09. The van der Waals surface area contributed by atoms with Crippen LogP contribution in [-0.4, -0.2) is 26.8 Å². The van der Waals surface area contributed by atoms with Gasteiger partial charge in [0.15, 0.2) is 11.3 Å². The zero-order chi connectivity index (χ0) is 20.4. The molecule has 0 spiro atoms. The topological polar surface area (TPSA) is 119 Å². The van der Waals surface area contributed by atoms with E-state index < -0.39 is 11.8 Å². The van der Waals surface area contributed by atoms with Crippen LogP contribution in [0.4, 0.5) is 0 Å². The summed E-state index contributed by atoms with van der Waals surface area (Å²) in [6, 6.07) is 13.9. The SMILES string of the molecule is CCn1nc(C(=O)NNC(=O)Cc2noc3ccccc23)c2ccccc2c1=O. The number of aryl methyl sites for hydroxylation is 1. The second-order valence-electron chi connectivity index (χ2n) is 6.32. The number of rotatable bonds is 4. The summed E-state index contributed by atoms with van der Waals surface area (Å²) in [6.45, 7) is 2.07. The standard InChI is InChI=1S/C20H17N5O4/c1-2-25-20(28)13-8-4-3-7-12(13)18(23-25)19(27)22-21-17(26)11-15-14-9-5-6-10-16(14)29-24-15/h3-10H,2,11H2,1H3,(H,21,26)(H,22,27). The van der Waals surface area contributed by atoms with E-state index in [9.17, 15) is 14.4 Å². The predicted molar refractivity (Wildman–Crippen MR) is 105 cm³/mol. The molecule has 2 heterocycles. The average molecular weight is 391 g/mol. The minimum atomic E-state index is -0.623. The van der Waals surface area contributed by atoms with Crippen molar-refractivity contribution >= 4 is 33.6 Å². The van der Waals surface area contributed by atoms with Gasteiger partial charge in [0.25, 0.3) is 11.5 Å². The van der Waals surface area contributed by atoms with E-state index in [0.717, 1.165) is 5.39 Å². The van der Waals surface area contributed by atoms with Crippen LogP contribution in [-0.2, 0) is 17.8 Å². The number of nitrogens with zero attached hydrogens (tertiary/aromatic N) is 3. The van der Waals surface area contributed by atoms with Crippen LogP contribution in [0.1, 0.15) is 23.1 Å². The first-order chi connectivity index (χ1) is 14.1. The molecule has 0 radical (unpaired) electrons. The first-order valence-electron chi connectivity index (χ1n) is 9.01. The van der Waals surface area contributed by atoms with Gasteiger partial charge in [-0.2, -0.15) is 5.10 Å². The van der Waals surface area contributed by atoms with Crippen LogP contribution in [0.5, 0.6) is 0 Å². The van der Waals surface area contributed by atoms with E-state index in [4.69, 9.17) is 4.52 Å². The van der Waals surface area contributed by atoms with E-state index in [1.165, 1.54) is 4.68 Å². The molecule has 0 saturated carbocycles. The third-order valence-electron chi connectivity index (χ3n) is 4.48. The van der Waals surface area contributed by atoms with E-state index in [1.807, 2.05) is 12.1 Å². The number of hydrogen-bond donors (Lipinski definition) is 2. The molecule has 0 aliphatic rings. The molecule has 0 atom stereocenters. The van der Waals surface area contributed by atoms with Crippen molar-refractivity contribution in [3.05, 3.63) is 70.3 Å². The molecule has 4 aromatic rings. The third kappa shape index (κ3) is 3.45. The van der Waals surface area contributed by atoms with E-state index >= 15 is 0 Å². The monoisotopic (exact) mass is 391 g/mol. The normalized spacial score (nSPS) is 10.9. The van der Waals surface area contributed by atoms with Gasteiger partial charge in [0.1, 0.15) is 5.69 Å². The summed E-state index contributed by atoms with van der Waals surface area (Å²) in [7, 11) is 0. The number of aromatic nitrogens is 3. The van der Waals surface area contributed by atoms with Gasteiger partial charge < -0.3 is 4.52 Å². The van der Waals surface area contributed by atoms with Crippen molar-refractivity contribution in [2.24, 2.45) is 0 Å². The molecular weight excluding hydrogens is 374 g/mol. The molecule has 2 N–H and O–H groups in total. The Hall–Kier alpha value is -4.01. The number of para-hydroxylation sites is 1. The van der Waals surface area contributed by atoms with Gasteiger partial charge in [0.05, 0.1) is 11.8 Å². The number of hydrogen-bond acceptors (Lipinski definition) is 6. The number of carbonyl (C=O) groups excluding carboxylic acids is 2. The van der Waals surface area contributed by atoms with Gasteiger partial charge in [-0.1, -0.05) is 35.5 Å². The minimum absolute atomic E-state index is 0.0502. The highest BCUT2D eigenvalue weighted by Crippen LogP contribution is 2.18. The van der Waals surface area contributed by atoms with Crippen molar-refractivity contribution in [1.82, 2.24) is 25.8 Å². The minimum Gasteiger partial charge on any atom is -0.356 e. The first kappa shape index (κ1) is 18.4. The summed E-state index contributed by atoms with van der Waals surface area (Å²) in [5.41, 5.74) is 5.52. The maximum absolute atomic E-state index is 12.6. The van der Waals surface area contributed by atoms with Gasteiger partial charge in [0.2, 0.25) is 5.91 Å². The lowest BCUT2D eigenvalue weighted by atomic mass is 10.1. The molecule has 0 unspecified atom stereocenters. The second-order valence-corrected chi connectivity index (χ2v) is 6.32. The third-order valence-corrected chi connectivity index (χ3v) is 4.48. The highest BCUT2D eigenvalue weighted by atomic mass is 16.5. The lowest BCUT2D eigenvalue weighted by molar-refractivity contribution is -0.121. The fraction of sp³-hybridized carbons (Fsp3) is 0.150. The zero-order valence-corrected chi connectivity index (χ0v) is 15.5. The molecule has 9 nitrogen and oxygen atoms in total. The van der Waals surface area contributed by atoms with Crippen molar-refractivity contribution in [2.75, 3.05) is 0 Å². The van der Waals surface area contributed by atoms with Crippen LogP contribution in [0.2, 0.25) is 0 Å². The number of fused-ring (bicyclic) bond motifs is 2. The lowest BCUT2D eigenvalue weighted by Gasteiger charge is -2.10. The molecule has 2 aromatic heterocycles. The summed E-state index contributed by atoms with van der Waals surface area (Å²) in [6.07, 6.45) is -0.0695. The Balaban J connectivity index is 1.52. The molecule has 0 aliphatic heterocycles. The fourth-order valence-electron chi connectivity index (χ4n) is 3.06. The van der Waals surface area contributed by atoms with Gasteiger partial charge in [0, 0.05) is 17.3 Å². The lowest BCUT2D eigenvalue weighted by Crippen LogP contribution is -2.43. The average Bonchev–Trinajstić information content (AvgIpc) is 3.15. The van der Waals surface area contributed by atoms with Crippen LogP contribution in [0.25, 0.3) is 21.7 Å². The smallest absolute Gasteiger partial charge is 0.290 e. The largest absolute Gasteiger partial charge is 0.356 e. The van der Waals surface area contributed by atoms with E-state index in [1.54, 1.807) is 43.3 Å². The number of nitrogens with one attached hydrogen (secondary N) is 2. The Labute approximate surface area is 164 Å². The molecular formula is C20H17N5O4. The maximum atomic E-state index is 12.6. The number of benzene rings is 2. The van der Waals surface area contributed by atoms with Gasteiger partial charge in [-0.05, 0) is 25.1 Å². The summed E-state index contributed by atoms with van der Waals surface area (Å²) >= 11 is 0. The molecule has 0 bridgehead atoms. The zero-order valence-electron chi connectivity index (χ0n) is 15.5. The Morgan fingerprint density at radius 2 is 1.69 bits per heavy atom. The fourth-order valence-corrected chi connectivity index (χ4v) is 3.06. The number of hydrazine groups is 1. The molecule has 146 valence electrons. The summed E-state index contributed by atoms with van der Waals surface area (Å²) in [4.78, 5) is 37.2. The number of amides is 2. The highest BCUT2D eigenvalue weighted by molar-refractivity contribution is 6.05. The molecule has 4 rings (SSSR count). The second kappa shape index (κ2) is 7.55. The van der Waals surface area contributed by atoms with Crippen LogP contribution < -0.4 is 16.4 Å². The first-order valence-corrected chi connectivity index (χ1v) is 9.01. The quantitative estimate of drug-likeness (QED) is 0.510. The van der Waals surface area contributed by atoms with Crippen LogP contribution in [0.15, 0.2) is 57.8 Å². The molecule has 0 saturated heterocycles. The Morgan fingerprint density at radius 1 is 1.00 bits per heavy atom. The van der Waals surface area contributed by atoms with Crippen LogP contribution in [0, 0.1) is 0 Å². The molecule has 9 heteroatoms. The Kier molecular flexibility index (Phi) is 4.78. The van der Waals surface area contributed by atoms with Gasteiger partial charge in [-0.3, -0.25) is 25.2 Å². The molecule has 2 aromatic carbocycles. The van der Waals surface area contributed by atoms with Gasteiger partial charge in [-0.15, -0.1) is 0 Å². The van der Waals surface area contributed by atoms with Crippen molar-refractivity contribution in [1.29, 1.82) is 0 Å². The maximum Gasteiger partial charge on any atom is 0.290 e. The van der Waals surface area contributed by atoms with Crippen molar-refractivity contribution < 1.29 is 14.1 Å². The molecule has 29 heavy (non-hydrogen) atoms. The number of carbonyl (C=O) groups is 2. The van der Waals surface area contributed by atoms with Gasteiger partial charge >= 0.3 is 0 Å². The van der Waals surface area contributed by atoms with Crippen LogP contribution >= 0.6 is 0 Å². The summed E-state index contributed by atoms with van der Waals surface area (Å²) in [5, 5.41) is 9.55. The van der Waals surface area contributed by atoms with E-state index in [2.05, 4.69) is 21.1 Å². The van der Waals surface area contributed by atoms with Crippen LogP contribution in [0.3, 0.4) is 0 Å². The molecule has 0 aliphatic carbocycles. The van der Waals surface area contributed by atoms with Crippen molar-refractivity contribution in [2.45, 2.75) is 19.9 Å². The molecule has 0 fully saturated rings. The van der Waals surface area contributed by atoms with Crippen molar-refractivity contribution in [3.8, 4) is 0 Å². The summed E-state index contributed by atoms with van der Waals surface area (Å²) < 4.78 is 6.38. The van der Waals surface area contributed by atoms with E-state index in [-0.39, 0.29) is 17.7 Å². The Bertz CT molecular complexity index is 1290. The molecule has 2 amide bonds. The van der Waals surface area contributed by atoms with Crippen molar-refractivity contribution in [3.63, 3.8) is 0 Å². The van der Waals surface area contributed by atoms with Gasteiger partial charge in [-0.25, -0.2) is 4.68 Å².